The van der Waals surface area contributed by atoms with E-state index >= 15 is 0 Å². The van der Waals surface area contributed by atoms with Gasteiger partial charge in [0.25, 0.3) is 0 Å². The summed E-state index contributed by atoms with van der Waals surface area (Å²) < 4.78 is 16.1. The highest BCUT2D eigenvalue weighted by molar-refractivity contribution is 5.74. The quantitative estimate of drug-likeness (QED) is 0.197. The molecule has 0 bridgehead atoms. The van der Waals surface area contributed by atoms with E-state index in [1.807, 2.05) is 0 Å². The van der Waals surface area contributed by atoms with E-state index in [-0.39, 0.29) is 6.10 Å². The number of hydrogen-bond acceptors (Lipinski definition) is 11. The average Bonchev–Trinajstić information content (AvgIpc) is 2.67. The smallest absolute Gasteiger partial charge is 0.317 e. The molecule has 13 heteroatoms. The lowest BCUT2D eigenvalue weighted by Crippen LogP contribution is -2.68. The topological polar surface area (TPSA) is 210 Å². The van der Waals surface area contributed by atoms with Crippen molar-refractivity contribution in [3.63, 3.8) is 0 Å². The lowest BCUT2D eigenvalue weighted by atomic mass is 9.97. The molecule has 2 fully saturated rings. The normalized spacial score (nSPS) is 43.2. The van der Waals surface area contributed by atoms with Crippen molar-refractivity contribution >= 4 is 6.03 Å². The first-order valence-electron chi connectivity index (χ1n) is 9.26. The van der Waals surface area contributed by atoms with Crippen LogP contribution >= 0.6 is 0 Å². The third kappa shape index (κ3) is 5.52. The van der Waals surface area contributed by atoms with Gasteiger partial charge in [-0.05, 0) is 13.8 Å². The van der Waals surface area contributed by atoms with Crippen molar-refractivity contribution in [3.8, 4) is 0 Å². The van der Waals surface area contributed by atoms with Gasteiger partial charge in [0.2, 0.25) is 0 Å². The molecule has 2 amide bonds. The SMILES string of the molecule is CC(C)O[C@@H]1O[C@H](CO)[C@@H](O)[C@H](O)[C@@H]1NC(=O)N[C@@H]1O[C@H](CO)[C@@H](O)[C@H](O)[C@@H]1O. The van der Waals surface area contributed by atoms with E-state index in [1.165, 1.54) is 0 Å². The Bertz CT molecular complexity index is 537. The lowest BCUT2D eigenvalue weighted by molar-refractivity contribution is -0.277. The van der Waals surface area contributed by atoms with Crippen LogP contribution in [-0.2, 0) is 14.2 Å². The molecule has 0 radical (unpaired) electrons. The Morgan fingerprint density at radius 3 is 1.97 bits per heavy atom. The van der Waals surface area contributed by atoms with Crippen molar-refractivity contribution in [1.29, 1.82) is 0 Å². The first kappa shape index (κ1) is 24.1. The van der Waals surface area contributed by atoms with Crippen LogP contribution in [0.1, 0.15) is 13.8 Å². The monoisotopic (exact) mass is 426 g/mol. The fourth-order valence-corrected chi connectivity index (χ4v) is 3.16. The Balaban J connectivity index is 2.06. The Kier molecular flexibility index (Phi) is 8.54. The summed E-state index contributed by atoms with van der Waals surface area (Å²) >= 11 is 0. The number of hydrogen-bond donors (Lipinski definition) is 9. The molecule has 2 rings (SSSR count). The molecule has 0 unspecified atom stereocenters. The third-order valence-corrected chi connectivity index (χ3v) is 4.75. The van der Waals surface area contributed by atoms with E-state index in [0.29, 0.717) is 0 Å². The Morgan fingerprint density at radius 1 is 0.862 bits per heavy atom. The molecule has 13 nitrogen and oxygen atoms in total. The van der Waals surface area contributed by atoms with Gasteiger partial charge in [-0.3, -0.25) is 0 Å². The lowest BCUT2D eigenvalue weighted by Gasteiger charge is -2.43. The van der Waals surface area contributed by atoms with Gasteiger partial charge >= 0.3 is 6.03 Å². The van der Waals surface area contributed by atoms with Crippen LogP contribution in [0.15, 0.2) is 0 Å². The number of nitrogens with one attached hydrogen (secondary N) is 2. The fourth-order valence-electron chi connectivity index (χ4n) is 3.16. The van der Waals surface area contributed by atoms with Crippen LogP contribution in [0.5, 0.6) is 0 Å². The Morgan fingerprint density at radius 2 is 1.41 bits per heavy atom. The third-order valence-electron chi connectivity index (χ3n) is 4.75. The van der Waals surface area contributed by atoms with E-state index in [4.69, 9.17) is 14.2 Å². The highest BCUT2D eigenvalue weighted by Gasteiger charge is 2.47. The van der Waals surface area contributed by atoms with Gasteiger partial charge in [0.15, 0.2) is 12.5 Å². The van der Waals surface area contributed by atoms with Gasteiger partial charge in [-0.1, -0.05) is 0 Å². The van der Waals surface area contributed by atoms with Gasteiger partial charge in [0.05, 0.1) is 19.3 Å². The number of aliphatic hydroxyl groups excluding tert-OH is 7. The van der Waals surface area contributed by atoms with Gasteiger partial charge in [-0.25, -0.2) is 4.79 Å². The summed E-state index contributed by atoms with van der Waals surface area (Å²) in [6.45, 7) is 2.11. The minimum absolute atomic E-state index is 0.375. The van der Waals surface area contributed by atoms with E-state index < -0.39 is 80.5 Å². The van der Waals surface area contributed by atoms with E-state index in [0.717, 1.165) is 0 Å². The number of urea groups is 1. The second-order valence-corrected chi connectivity index (χ2v) is 7.28. The predicted octanol–water partition coefficient (Wildman–Crippen LogP) is -4.68. The standard InChI is InChI=1S/C16H30N2O11/c1-5(2)27-15-8(11(23)9(21)7(4-20)29-15)17-16(26)18-14-13(25)12(24)10(22)6(3-19)28-14/h5-15,19-25H,3-4H2,1-2H3,(H2,17,18,26)/t6-,7-,8+,9-,10-,11-,12+,13+,14-,15-/m1/s1. The summed E-state index contributed by atoms with van der Waals surface area (Å²) in [5.74, 6) is 0. The largest absolute Gasteiger partial charge is 0.394 e. The predicted molar refractivity (Wildman–Crippen MR) is 93.2 cm³/mol. The number of carbonyl (C=O) groups excluding carboxylic acids is 1. The summed E-state index contributed by atoms with van der Waals surface area (Å²) in [6.07, 6.45) is -13.4. The molecule has 2 aliphatic rings. The summed E-state index contributed by atoms with van der Waals surface area (Å²) in [7, 11) is 0. The molecule has 10 atom stereocenters. The van der Waals surface area contributed by atoms with Crippen LogP contribution in [0.25, 0.3) is 0 Å². The average molecular weight is 426 g/mol. The number of ether oxygens (including phenoxy) is 3. The first-order chi connectivity index (χ1) is 13.6. The Labute approximate surface area is 166 Å². The number of rotatable bonds is 6. The van der Waals surface area contributed by atoms with Gasteiger partial charge < -0.3 is 60.6 Å². The minimum Gasteiger partial charge on any atom is -0.394 e. The zero-order valence-corrected chi connectivity index (χ0v) is 16.0. The molecule has 9 N–H and O–H groups in total. The maximum absolute atomic E-state index is 12.4. The highest BCUT2D eigenvalue weighted by atomic mass is 16.7. The van der Waals surface area contributed by atoms with Crippen LogP contribution in [0.3, 0.4) is 0 Å². The number of amides is 2. The minimum atomic E-state index is -1.70. The molecule has 0 aromatic rings. The molecule has 0 saturated carbocycles. The van der Waals surface area contributed by atoms with Crippen molar-refractivity contribution in [2.45, 2.75) is 81.2 Å². The summed E-state index contributed by atoms with van der Waals surface area (Å²) in [6, 6.07) is -2.23. The maximum Gasteiger partial charge on any atom is 0.317 e. The molecule has 0 aromatic carbocycles. The molecular weight excluding hydrogens is 396 g/mol. The maximum atomic E-state index is 12.4. The fraction of sp³-hybridized carbons (Fsp3) is 0.938. The molecule has 2 aliphatic heterocycles. The molecule has 0 spiro atoms. The second-order valence-electron chi connectivity index (χ2n) is 7.28. The zero-order chi connectivity index (χ0) is 21.9. The van der Waals surface area contributed by atoms with Crippen molar-refractivity contribution in [1.82, 2.24) is 10.6 Å². The molecule has 0 aromatic heterocycles. The van der Waals surface area contributed by atoms with Gasteiger partial charge in [-0.15, -0.1) is 0 Å². The number of aliphatic hydroxyl groups is 7. The second kappa shape index (κ2) is 10.3. The molecule has 29 heavy (non-hydrogen) atoms. The van der Waals surface area contributed by atoms with Crippen LogP contribution in [-0.4, -0.2) is 122 Å². The molecule has 0 aliphatic carbocycles. The summed E-state index contributed by atoms with van der Waals surface area (Å²) in [5, 5.41) is 72.9. The molecule has 170 valence electrons. The molecule has 2 heterocycles. The van der Waals surface area contributed by atoms with Crippen molar-refractivity contribution < 1.29 is 54.8 Å². The van der Waals surface area contributed by atoms with Crippen LogP contribution in [0, 0.1) is 0 Å². The Hall–Kier alpha value is -1.13. The molecular formula is C16H30N2O11. The van der Waals surface area contributed by atoms with Crippen LogP contribution in [0.2, 0.25) is 0 Å². The van der Waals surface area contributed by atoms with E-state index in [1.54, 1.807) is 13.8 Å². The van der Waals surface area contributed by atoms with Crippen molar-refractivity contribution in [2.24, 2.45) is 0 Å². The van der Waals surface area contributed by atoms with Crippen molar-refractivity contribution in [3.05, 3.63) is 0 Å². The van der Waals surface area contributed by atoms with Gasteiger partial charge in [-0.2, -0.15) is 0 Å². The van der Waals surface area contributed by atoms with E-state index in [9.17, 15) is 40.5 Å². The van der Waals surface area contributed by atoms with Gasteiger partial charge in [0.1, 0.15) is 48.8 Å². The summed E-state index contributed by atoms with van der Waals surface area (Å²) in [5.41, 5.74) is 0. The summed E-state index contributed by atoms with van der Waals surface area (Å²) in [4.78, 5) is 12.4. The van der Waals surface area contributed by atoms with Crippen molar-refractivity contribution in [2.75, 3.05) is 13.2 Å². The first-order valence-corrected chi connectivity index (χ1v) is 9.26. The van der Waals surface area contributed by atoms with Gasteiger partial charge in [0, 0.05) is 0 Å². The van der Waals surface area contributed by atoms with Crippen LogP contribution < -0.4 is 10.6 Å². The highest BCUT2D eigenvalue weighted by Crippen LogP contribution is 2.24. The number of carbonyl (C=O) groups is 1. The molecule has 2 saturated heterocycles. The zero-order valence-electron chi connectivity index (χ0n) is 16.0. The van der Waals surface area contributed by atoms with Crippen LogP contribution in [0.4, 0.5) is 4.79 Å². The van der Waals surface area contributed by atoms with E-state index in [2.05, 4.69) is 10.6 Å².